The topological polar surface area (TPSA) is 80.0 Å². The van der Waals surface area contributed by atoms with Crippen LogP contribution in [0.15, 0.2) is 31.0 Å². The van der Waals surface area contributed by atoms with Gasteiger partial charge in [0.15, 0.2) is 0 Å². The second kappa shape index (κ2) is 4.96. The van der Waals surface area contributed by atoms with E-state index in [0.717, 1.165) is 17.7 Å². The minimum Gasteiger partial charge on any atom is -0.506 e. The van der Waals surface area contributed by atoms with E-state index in [9.17, 15) is 9.90 Å². The van der Waals surface area contributed by atoms with Crippen molar-refractivity contribution >= 4 is 5.91 Å². The van der Waals surface area contributed by atoms with Gasteiger partial charge in [0.1, 0.15) is 5.75 Å². The van der Waals surface area contributed by atoms with Gasteiger partial charge in [-0.15, -0.1) is 0 Å². The Morgan fingerprint density at radius 1 is 1.45 bits per heavy atom. The van der Waals surface area contributed by atoms with E-state index < -0.39 is 0 Å². The molecular formula is C14H16N4O2. The molecule has 0 spiro atoms. The first-order valence-electron chi connectivity index (χ1n) is 6.52. The smallest absolute Gasteiger partial charge is 0.224 e. The average molecular weight is 272 g/mol. The van der Waals surface area contributed by atoms with Crippen molar-refractivity contribution < 1.29 is 9.90 Å². The largest absolute Gasteiger partial charge is 0.506 e. The summed E-state index contributed by atoms with van der Waals surface area (Å²) >= 11 is 0. The van der Waals surface area contributed by atoms with Crippen LogP contribution >= 0.6 is 0 Å². The van der Waals surface area contributed by atoms with E-state index in [-0.39, 0.29) is 23.5 Å². The standard InChI is InChI=1S/C14H16N4O2/c1-18-8-16-7-13(18)11-3-12(11)14(20)17-5-9-2-10(19)6-15-4-9/h2,4,6-8,11-12,19H,3,5H2,1H3,(H,17,20)/t11-,12-/m1/s1. The molecule has 0 aliphatic heterocycles. The maximum Gasteiger partial charge on any atom is 0.224 e. The van der Waals surface area contributed by atoms with Crippen LogP contribution in [0.25, 0.3) is 0 Å². The van der Waals surface area contributed by atoms with Crippen LogP contribution in [0.5, 0.6) is 5.75 Å². The fraction of sp³-hybridized carbons (Fsp3) is 0.357. The zero-order chi connectivity index (χ0) is 14.1. The van der Waals surface area contributed by atoms with Gasteiger partial charge < -0.3 is 15.0 Å². The average Bonchev–Trinajstić information content (AvgIpc) is 3.11. The summed E-state index contributed by atoms with van der Waals surface area (Å²) in [4.78, 5) is 20.0. The van der Waals surface area contributed by atoms with Crippen molar-refractivity contribution in [1.82, 2.24) is 19.9 Å². The number of rotatable bonds is 4. The van der Waals surface area contributed by atoms with Crippen molar-refractivity contribution in [3.63, 3.8) is 0 Å². The molecule has 1 fully saturated rings. The third kappa shape index (κ3) is 2.49. The molecule has 1 saturated carbocycles. The molecule has 2 aromatic rings. The molecule has 1 aliphatic carbocycles. The Hall–Kier alpha value is -2.37. The molecule has 2 heterocycles. The molecule has 0 bridgehead atoms. The second-order valence-corrected chi connectivity index (χ2v) is 5.15. The zero-order valence-corrected chi connectivity index (χ0v) is 11.2. The summed E-state index contributed by atoms with van der Waals surface area (Å²) in [5.74, 6) is 0.441. The van der Waals surface area contributed by atoms with Crippen LogP contribution in [0.3, 0.4) is 0 Å². The molecule has 0 unspecified atom stereocenters. The lowest BCUT2D eigenvalue weighted by Crippen LogP contribution is -2.25. The number of nitrogens with one attached hydrogen (secondary N) is 1. The quantitative estimate of drug-likeness (QED) is 0.868. The molecule has 2 aromatic heterocycles. The van der Waals surface area contributed by atoms with E-state index >= 15 is 0 Å². The van der Waals surface area contributed by atoms with Crippen LogP contribution in [0.1, 0.15) is 23.6 Å². The predicted molar refractivity (Wildman–Crippen MR) is 71.8 cm³/mol. The van der Waals surface area contributed by atoms with Gasteiger partial charge in [0.25, 0.3) is 0 Å². The van der Waals surface area contributed by atoms with Crippen LogP contribution in [0.2, 0.25) is 0 Å². The number of amides is 1. The highest BCUT2D eigenvalue weighted by Crippen LogP contribution is 2.47. The van der Waals surface area contributed by atoms with E-state index in [1.165, 1.54) is 6.20 Å². The van der Waals surface area contributed by atoms with Crippen LogP contribution < -0.4 is 5.32 Å². The lowest BCUT2D eigenvalue weighted by molar-refractivity contribution is -0.122. The fourth-order valence-corrected chi connectivity index (χ4v) is 2.43. The third-order valence-electron chi connectivity index (χ3n) is 3.61. The lowest BCUT2D eigenvalue weighted by Gasteiger charge is -2.05. The lowest BCUT2D eigenvalue weighted by atomic mass is 10.2. The molecule has 1 amide bonds. The molecule has 2 N–H and O–H groups in total. The van der Waals surface area contributed by atoms with E-state index in [2.05, 4.69) is 15.3 Å². The summed E-state index contributed by atoms with van der Waals surface area (Å²) in [6, 6.07) is 1.60. The fourth-order valence-electron chi connectivity index (χ4n) is 2.43. The second-order valence-electron chi connectivity index (χ2n) is 5.15. The number of aryl methyl sites for hydroxylation is 1. The van der Waals surface area contributed by atoms with Crippen LogP contribution in [-0.2, 0) is 18.4 Å². The number of hydrogen-bond acceptors (Lipinski definition) is 4. The number of carbonyl (C=O) groups excluding carboxylic acids is 1. The molecule has 0 saturated heterocycles. The van der Waals surface area contributed by atoms with Crippen LogP contribution in [0.4, 0.5) is 0 Å². The Morgan fingerprint density at radius 2 is 2.30 bits per heavy atom. The number of imidazole rings is 1. The Morgan fingerprint density at radius 3 is 3.00 bits per heavy atom. The Labute approximate surface area is 116 Å². The van der Waals surface area contributed by atoms with Gasteiger partial charge >= 0.3 is 0 Å². The van der Waals surface area contributed by atoms with E-state index in [1.54, 1.807) is 18.6 Å². The molecule has 0 aromatic carbocycles. The van der Waals surface area contributed by atoms with Crippen molar-refractivity contribution in [2.75, 3.05) is 0 Å². The van der Waals surface area contributed by atoms with Gasteiger partial charge in [0, 0.05) is 43.5 Å². The van der Waals surface area contributed by atoms with Gasteiger partial charge in [-0.2, -0.15) is 0 Å². The van der Waals surface area contributed by atoms with E-state index in [0.29, 0.717) is 6.54 Å². The minimum absolute atomic E-state index is 0.0238. The summed E-state index contributed by atoms with van der Waals surface area (Å²) in [6.07, 6.45) is 7.43. The summed E-state index contributed by atoms with van der Waals surface area (Å²) in [5, 5.41) is 12.2. The maximum absolute atomic E-state index is 12.1. The molecule has 0 radical (unpaired) electrons. The zero-order valence-electron chi connectivity index (χ0n) is 11.2. The Balaban J connectivity index is 1.55. The first kappa shape index (κ1) is 12.7. The normalized spacial score (nSPS) is 20.6. The van der Waals surface area contributed by atoms with Gasteiger partial charge in [-0.1, -0.05) is 0 Å². The molecule has 20 heavy (non-hydrogen) atoms. The number of pyridine rings is 1. The molecule has 6 nitrogen and oxygen atoms in total. The van der Waals surface area contributed by atoms with Crippen LogP contribution in [0, 0.1) is 5.92 Å². The monoisotopic (exact) mass is 272 g/mol. The number of nitrogens with zero attached hydrogens (tertiary/aromatic N) is 3. The highest BCUT2D eigenvalue weighted by molar-refractivity contribution is 5.82. The summed E-state index contributed by atoms with van der Waals surface area (Å²) in [5.41, 5.74) is 1.89. The van der Waals surface area contributed by atoms with E-state index in [4.69, 9.17) is 0 Å². The molecular weight excluding hydrogens is 256 g/mol. The maximum atomic E-state index is 12.1. The van der Waals surface area contributed by atoms with Crippen molar-refractivity contribution in [1.29, 1.82) is 0 Å². The molecule has 3 rings (SSSR count). The third-order valence-corrected chi connectivity index (χ3v) is 3.61. The number of carbonyl (C=O) groups is 1. The molecule has 104 valence electrons. The number of aromatic nitrogens is 3. The van der Waals surface area contributed by atoms with Crippen molar-refractivity contribution in [3.05, 3.63) is 42.2 Å². The highest BCUT2D eigenvalue weighted by Gasteiger charge is 2.45. The van der Waals surface area contributed by atoms with Gasteiger partial charge in [0.2, 0.25) is 5.91 Å². The molecule has 6 heteroatoms. The first-order valence-corrected chi connectivity index (χ1v) is 6.52. The predicted octanol–water partition coefficient (Wildman–Crippen LogP) is 0.941. The van der Waals surface area contributed by atoms with Gasteiger partial charge in [0.05, 0.1) is 12.5 Å². The van der Waals surface area contributed by atoms with Crippen molar-refractivity contribution in [3.8, 4) is 5.75 Å². The Kier molecular flexibility index (Phi) is 3.14. The Bertz CT molecular complexity index is 638. The summed E-state index contributed by atoms with van der Waals surface area (Å²) in [7, 11) is 1.94. The first-order chi connectivity index (χ1) is 9.65. The van der Waals surface area contributed by atoms with Gasteiger partial charge in [-0.3, -0.25) is 9.78 Å². The number of aromatic hydroxyl groups is 1. The van der Waals surface area contributed by atoms with Crippen molar-refractivity contribution in [2.24, 2.45) is 13.0 Å². The molecule has 2 atom stereocenters. The van der Waals surface area contributed by atoms with Gasteiger partial charge in [-0.25, -0.2) is 4.98 Å². The summed E-state index contributed by atoms with van der Waals surface area (Å²) in [6.45, 7) is 0.384. The van der Waals surface area contributed by atoms with Crippen molar-refractivity contribution in [2.45, 2.75) is 18.9 Å². The molecule has 1 aliphatic rings. The van der Waals surface area contributed by atoms with E-state index in [1.807, 2.05) is 17.8 Å². The highest BCUT2D eigenvalue weighted by atomic mass is 16.3. The SMILES string of the molecule is Cn1cncc1[C@@H]1C[C@H]1C(=O)NCc1cncc(O)c1. The minimum atomic E-state index is 0.0238. The van der Waals surface area contributed by atoms with Gasteiger partial charge in [-0.05, 0) is 18.1 Å². The summed E-state index contributed by atoms with van der Waals surface area (Å²) < 4.78 is 1.96. The van der Waals surface area contributed by atoms with Crippen LogP contribution in [-0.4, -0.2) is 25.5 Å². The number of hydrogen-bond donors (Lipinski definition) is 2.